The SMILES string of the molecule is CCC(C)SCCCCNC(C)C. The molecule has 1 unspecified atom stereocenters. The summed E-state index contributed by atoms with van der Waals surface area (Å²) >= 11 is 2.11. The second-order valence-electron chi connectivity index (χ2n) is 3.91. The molecule has 0 aromatic heterocycles. The molecule has 0 aromatic carbocycles. The predicted molar refractivity (Wildman–Crippen MR) is 64.6 cm³/mol. The van der Waals surface area contributed by atoms with Crippen molar-refractivity contribution in [2.75, 3.05) is 12.3 Å². The normalized spacial score (nSPS) is 13.6. The number of unbranched alkanes of at least 4 members (excludes halogenated alkanes) is 1. The van der Waals surface area contributed by atoms with E-state index in [1.54, 1.807) is 0 Å². The Labute approximate surface area is 88.1 Å². The smallest absolute Gasteiger partial charge is 0.00160 e. The lowest BCUT2D eigenvalue weighted by Crippen LogP contribution is -2.23. The molecule has 0 aromatic rings. The van der Waals surface area contributed by atoms with Crippen LogP contribution in [0.2, 0.25) is 0 Å². The van der Waals surface area contributed by atoms with Gasteiger partial charge in [-0.15, -0.1) is 0 Å². The molecular formula is C11H25NS. The van der Waals surface area contributed by atoms with Crippen molar-refractivity contribution in [2.45, 2.75) is 58.2 Å². The molecular weight excluding hydrogens is 178 g/mol. The first-order chi connectivity index (χ1) is 6.16. The highest BCUT2D eigenvalue weighted by molar-refractivity contribution is 7.99. The Morgan fingerprint density at radius 3 is 2.38 bits per heavy atom. The summed E-state index contributed by atoms with van der Waals surface area (Å²) in [5.41, 5.74) is 0. The van der Waals surface area contributed by atoms with Gasteiger partial charge in [-0.05, 0) is 31.6 Å². The topological polar surface area (TPSA) is 12.0 Å². The minimum absolute atomic E-state index is 0.641. The van der Waals surface area contributed by atoms with Crippen molar-refractivity contribution in [3.05, 3.63) is 0 Å². The predicted octanol–water partition coefficient (Wildman–Crippen LogP) is 3.30. The maximum absolute atomic E-state index is 3.44. The van der Waals surface area contributed by atoms with E-state index in [2.05, 4.69) is 44.8 Å². The Balaban J connectivity index is 2.99. The zero-order chi connectivity index (χ0) is 10.1. The zero-order valence-electron chi connectivity index (χ0n) is 9.60. The van der Waals surface area contributed by atoms with Crippen LogP contribution in [0, 0.1) is 0 Å². The van der Waals surface area contributed by atoms with Crippen molar-refractivity contribution in [2.24, 2.45) is 0 Å². The third-order valence-electron chi connectivity index (χ3n) is 2.10. The van der Waals surface area contributed by atoms with Gasteiger partial charge in [0.25, 0.3) is 0 Å². The van der Waals surface area contributed by atoms with Gasteiger partial charge in [0.05, 0.1) is 0 Å². The summed E-state index contributed by atoms with van der Waals surface area (Å²) in [6.45, 7) is 10.2. The molecule has 80 valence electrons. The Bertz CT molecular complexity index is 104. The lowest BCUT2D eigenvalue weighted by molar-refractivity contribution is 0.567. The molecule has 0 radical (unpaired) electrons. The van der Waals surface area contributed by atoms with Crippen molar-refractivity contribution in [1.29, 1.82) is 0 Å². The quantitative estimate of drug-likeness (QED) is 0.608. The molecule has 2 heteroatoms. The molecule has 0 aliphatic heterocycles. The van der Waals surface area contributed by atoms with Gasteiger partial charge in [-0.2, -0.15) is 11.8 Å². The Morgan fingerprint density at radius 2 is 1.85 bits per heavy atom. The molecule has 0 rings (SSSR count). The van der Waals surface area contributed by atoms with E-state index in [0.29, 0.717) is 6.04 Å². The minimum atomic E-state index is 0.641. The largest absolute Gasteiger partial charge is 0.315 e. The molecule has 0 amide bonds. The highest BCUT2D eigenvalue weighted by Crippen LogP contribution is 2.14. The van der Waals surface area contributed by atoms with Crippen LogP contribution in [0.25, 0.3) is 0 Å². The fourth-order valence-corrected chi connectivity index (χ4v) is 2.03. The van der Waals surface area contributed by atoms with E-state index in [1.165, 1.54) is 31.6 Å². The van der Waals surface area contributed by atoms with Crippen LogP contribution in [-0.4, -0.2) is 23.6 Å². The molecule has 0 fully saturated rings. The molecule has 0 saturated heterocycles. The second-order valence-corrected chi connectivity index (χ2v) is 5.45. The van der Waals surface area contributed by atoms with Gasteiger partial charge < -0.3 is 5.32 Å². The average Bonchev–Trinajstić information content (AvgIpc) is 2.10. The first-order valence-corrected chi connectivity index (χ1v) is 6.56. The lowest BCUT2D eigenvalue weighted by Gasteiger charge is -2.09. The van der Waals surface area contributed by atoms with Crippen LogP contribution in [0.4, 0.5) is 0 Å². The fraction of sp³-hybridized carbons (Fsp3) is 1.00. The van der Waals surface area contributed by atoms with Crippen molar-refractivity contribution < 1.29 is 0 Å². The van der Waals surface area contributed by atoms with Gasteiger partial charge in [-0.1, -0.05) is 27.7 Å². The van der Waals surface area contributed by atoms with Gasteiger partial charge in [0.1, 0.15) is 0 Å². The molecule has 0 spiro atoms. The maximum Gasteiger partial charge on any atom is 0.00160 e. The first-order valence-electron chi connectivity index (χ1n) is 5.51. The molecule has 1 nitrogen and oxygen atoms in total. The van der Waals surface area contributed by atoms with E-state index in [1.807, 2.05) is 0 Å². The lowest BCUT2D eigenvalue weighted by atomic mass is 10.3. The summed E-state index contributed by atoms with van der Waals surface area (Å²) in [4.78, 5) is 0. The molecule has 0 aliphatic rings. The van der Waals surface area contributed by atoms with Gasteiger partial charge in [0.15, 0.2) is 0 Å². The Kier molecular flexibility index (Phi) is 9.10. The van der Waals surface area contributed by atoms with E-state index in [0.717, 1.165) is 5.25 Å². The molecule has 1 N–H and O–H groups in total. The van der Waals surface area contributed by atoms with Crippen molar-refractivity contribution in [1.82, 2.24) is 5.32 Å². The van der Waals surface area contributed by atoms with Crippen LogP contribution >= 0.6 is 11.8 Å². The van der Waals surface area contributed by atoms with Crippen LogP contribution in [0.15, 0.2) is 0 Å². The van der Waals surface area contributed by atoms with E-state index in [-0.39, 0.29) is 0 Å². The molecule has 0 saturated carbocycles. The summed E-state index contributed by atoms with van der Waals surface area (Å²) in [6.07, 6.45) is 3.98. The van der Waals surface area contributed by atoms with Crippen LogP contribution < -0.4 is 5.32 Å². The second kappa shape index (κ2) is 8.89. The van der Waals surface area contributed by atoms with Crippen LogP contribution in [0.1, 0.15) is 47.0 Å². The van der Waals surface area contributed by atoms with Crippen LogP contribution in [-0.2, 0) is 0 Å². The standard InChI is InChI=1S/C11H25NS/c1-5-11(4)13-9-7-6-8-12-10(2)3/h10-12H,5-9H2,1-4H3. The average molecular weight is 203 g/mol. The molecule has 13 heavy (non-hydrogen) atoms. The van der Waals surface area contributed by atoms with Crippen molar-refractivity contribution >= 4 is 11.8 Å². The molecule has 0 aliphatic carbocycles. The number of rotatable bonds is 8. The number of nitrogens with one attached hydrogen (secondary N) is 1. The summed E-state index contributed by atoms with van der Waals surface area (Å²) in [5.74, 6) is 1.33. The van der Waals surface area contributed by atoms with Crippen LogP contribution in [0.5, 0.6) is 0 Å². The Hall–Kier alpha value is 0.310. The third kappa shape index (κ3) is 10.2. The first kappa shape index (κ1) is 13.3. The summed E-state index contributed by atoms with van der Waals surface area (Å²) in [7, 11) is 0. The van der Waals surface area contributed by atoms with E-state index in [4.69, 9.17) is 0 Å². The van der Waals surface area contributed by atoms with E-state index in [9.17, 15) is 0 Å². The Morgan fingerprint density at radius 1 is 1.15 bits per heavy atom. The molecule has 0 bridgehead atoms. The summed E-state index contributed by atoms with van der Waals surface area (Å²) in [6, 6.07) is 0.641. The van der Waals surface area contributed by atoms with Gasteiger partial charge >= 0.3 is 0 Å². The third-order valence-corrected chi connectivity index (χ3v) is 3.53. The molecule has 1 atom stereocenters. The maximum atomic E-state index is 3.44. The van der Waals surface area contributed by atoms with Gasteiger partial charge in [-0.25, -0.2) is 0 Å². The monoisotopic (exact) mass is 203 g/mol. The molecule has 0 heterocycles. The van der Waals surface area contributed by atoms with E-state index >= 15 is 0 Å². The van der Waals surface area contributed by atoms with Crippen molar-refractivity contribution in [3.8, 4) is 0 Å². The highest BCUT2D eigenvalue weighted by atomic mass is 32.2. The number of thioether (sulfide) groups is 1. The van der Waals surface area contributed by atoms with Crippen LogP contribution in [0.3, 0.4) is 0 Å². The number of hydrogen-bond donors (Lipinski definition) is 1. The van der Waals surface area contributed by atoms with Gasteiger partial charge in [0, 0.05) is 11.3 Å². The van der Waals surface area contributed by atoms with Crippen molar-refractivity contribution in [3.63, 3.8) is 0 Å². The van der Waals surface area contributed by atoms with Gasteiger partial charge in [-0.3, -0.25) is 0 Å². The van der Waals surface area contributed by atoms with E-state index < -0.39 is 0 Å². The zero-order valence-corrected chi connectivity index (χ0v) is 10.4. The number of hydrogen-bond acceptors (Lipinski definition) is 2. The van der Waals surface area contributed by atoms with Gasteiger partial charge in [0.2, 0.25) is 0 Å². The minimum Gasteiger partial charge on any atom is -0.315 e. The summed E-state index contributed by atoms with van der Waals surface area (Å²) < 4.78 is 0. The highest BCUT2D eigenvalue weighted by Gasteiger charge is 1.98. The fourth-order valence-electron chi connectivity index (χ4n) is 1.02. The summed E-state index contributed by atoms with van der Waals surface area (Å²) in [5, 5.41) is 4.28.